The number of halogens is 1. The Hall–Kier alpha value is -1.31. The Kier molecular flexibility index (Phi) is 6.44. The summed E-state index contributed by atoms with van der Waals surface area (Å²) in [4.78, 5) is 11.6. The topological polar surface area (TPSA) is 81.7 Å². The molecule has 0 spiro atoms. The van der Waals surface area contributed by atoms with Crippen molar-refractivity contribution in [1.29, 1.82) is 0 Å². The van der Waals surface area contributed by atoms with E-state index >= 15 is 0 Å². The van der Waals surface area contributed by atoms with E-state index in [1.54, 1.807) is 13.0 Å². The van der Waals surface area contributed by atoms with Crippen molar-refractivity contribution in [2.45, 2.75) is 25.2 Å². The predicted octanol–water partition coefficient (Wildman–Crippen LogP) is 2.30. The maximum atomic E-state index is 11.8. The minimum absolute atomic E-state index is 0.000517. The van der Waals surface area contributed by atoms with E-state index in [-0.39, 0.29) is 22.9 Å². The van der Waals surface area contributed by atoms with Gasteiger partial charge >= 0.3 is 0 Å². The predicted molar refractivity (Wildman–Crippen MR) is 80.5 cm³/mol. The summed E-state index contributed by atoms with van der Waals surface area (Å²) in [5, 5.41) is 2.56. The molecular formula is C13H18ClNO5S. The number of rotatable bonds is 7. The lowest BCUT2D eigenvalue weighted by molar-refractivity contribution is -0.120. The number of carbonyl (C=O) groups excluding carboxylic acids is 1. The van der Waals surface area contributed by atoms with Crippen LogP contribution in [-0.4, -0.2) is 34.6 Å². The van der Waals surface area contributed by atoms with Gasteiger partial charge in [-0.3, -0.25) is 4.79 Å². The fraction of sp³-hybridized carbons (Fsp3) is 0.462. The second kappa shape index (κ2) is 7.63. The molecule has 8 heteroatoms. The van der Waals surface area contributed by atoms with Crippen molar-refractivity contribution in [2.24, 2.45) is 0 Å². The van der Waals surface area contributed by atoms with Gasteiger partial charge in [-0.25, -0.2) is 8.42 Å². The summed E-state index contributed by atoms with van der Waals surface area (Å²) in [6.07, 6.45) is 0.801. The molecule has 0 aliphatic carbocycles. The normalized spacial score (nSPS) is 11.2. The fourth-order valence-electron chi connectivity index (χ4n) is 1.72. The number of amides is 1. The Labute approximate surface area is 128 Å². The molecule has 118 valence electrons. The third-order valence-corrected chi connectivity index (χ3v) is 3.85. The fourth-order valence-corrected chi connectivity index (χ4v) is 2.81. The van der Waals surface area contributed by atoms with Crippen LogP contribution in [0.1, 0.15) is 18.9 Å². The average molecular weight is 336 g/mol. The molecule has 0 radical (unpaired) electrons. The summed E-state index contributed by atoms with van der Waals surface area (Å²) in [5.74, 6) is -0.398. The zero-order valence-corrected chi connectivity index (χ0v) is 13.7. The molecule has 0 aromatic heterocycles. The van der Waals surface area contributed by atoms with Crippen LogP contribution < -0.4 is 10.1 Å². The molecule has 1 aromatic carbocycles. The summed E-state index contributed by atoms with van der Waals surface area (Å²) >= 11 is 0. The minimum atomic E-state index is -3.98. The van der Waals surface area contributed by atoms with Gasteiger partial charge in [0.2, 0.25) is 5.91 Å². The van der Waals surface area contributed by atoms with Crippen LogP contribution in [0.4, 0.5) is 5.69 Å². The van der Waals surface area contributed by atoms with Gasteiger partial charge in [0.25, 0.3) is 9.05 Å². The Morgan fingerprint density at radius 1 is 1.38 bits per heavy atom. The number of carbonyl (C=O) groups is 1. The number of benzene rings is 1. The SMILES string of the molecule is CCCOCC(=O)Nc1cc(C)cc(S(=O)(=O)Cl)c1OC. The smallest absolute Gasteiger partial charge is 0.265 e. The number of hydrogen-bond acceptors (Lipinski definition) is 5. The van der Waals surface area contributed by atoms with Gasteiger partial charge in [0.15, 0.2) is 5.75 Å². The summed E-state index contributed by atoms with van der Waals surface area (Å²) in [6.45, 7) is 3.97. The zero-order chi connectivity index (χ0) is 16.0. The molecule has 1 rings (SSSR count). The first-order valence-electron chi connectivity index (χ1n) is 6.30. The summed E-state index contributed by atoms with van der Waals surface area (Å²) in [5.41, 5.74) is 0.863. The van der Waals surface area contributed by atoms with Crippen molar-refractivity contribution in [1.82, 2.24) is 0 Å². The first kappa shape index (κ1) is 17.7. The number of anilines is 1. The minimum Gasteiger partial charge on any atom is -0.493 e. The zero-order valence-electron chi connectivity index (χ0n) is 12.1. The molecule has 0 heterocycles. The highest BCUT2D eigenvalue weighted by atomic mass is 35.7. The van der Waals surface area contributed by atoms with Gasteiger partial charge in [-0.1, -0.05) is 6.92 Å². The van der Waals surface area contributed by atoms with Crippen molar-refractivity contribution >= 4 is 31.3 Å². The third kappa shape index (κ3) is 5.18. The molecule has 21 heavy (non-hydrogen) atoms. The van der Waals surface area contributed by atoms with Crippen molar-refractivity contribution in [3.8, 4) is 5.75 Å². The Morgan fingerprint density at radius 2 is 2.05 bits per heavy atom. The van der Waals surface area contributed by atoms with E-state index in [1.807, 2.05) is 6.92 Å². The molecule has 0 atom stereocenters. The molecule has 1 N–H and O–H groups in total. The van der Waals surface area contributed by atoms with Gasteiger partial charge in [-0.15, -0.1) is 0 Å². The second-order valence-electron chi connectivity index (χ2n) is 4.38. The number of ether oxygens (including phenoxy) is 2. The van der Waals surface area contributed by atoms with E-state index in [1.165, 1.54) is 13.2 Å². The highest BCUT2D eigenvalue weighted by Crippen LogP contribution is 2.35. The van der Waals surface area contributed by atoms with Crippen molar-refractivity contribution in [3.63, 3.8) is 0 Å². The van der Waals surface area contributed by atoms with Gasteiger partial charge in [0, 0.05) is 17.3 Å². The van der Waals surface area contributed by atoms with Crippen LogP contribution in [0.15, 0.2) is 17.0 Å². The lowest BCUT2D eigenvalue weighted by atomic mass is 10.2. The molecule has 0 saturated heterocycles. The number of nitrogens with one attached hydrogen (secondary N) is 1. The van der Waals surface area contributed by atoms with Crippen molar-refractivity contribution in [3.05, 3.63) is 17.7 Å². The quantitative estimate of drug-likeness (QED) is 0.610. The largest absolute Gasteiger partial charge is 0.493 e. The molecule has 0 saturated carbocycles. The lowest BCUT2D eigenvalue weighted by Gasteiger charge is -2.14. The van der Waals surface area contributed by atoms with E-state index in [2.05, 4.69) is 5.32 Å². The van der Waals surface area contributed by atoms with Gasteiger partial charge in [-0.05, 0) is 31.0 Å². The van der Waals surface area contributed by atoms with E-state index < -0.39 is 15.0 Å². The number of aryl methyl sites for hydroxylation is 1. The Balaban J connectivity index is 3.07. The van der Waals surface area contributed by atoms with Crippen LogP contribution >= 0.6 is 10.7 Å². The van der Waals surface area contributed by atoms with Crippen LogP contribution in [0.3, 0.4) is 0 Å². The molecule has 6 nitrogen and oxygen atoms in total. The number of hydrogen-bond donors (Lipinski definition) is 1. The van der Waals surface area contributed by atoms with E-state index in [4.69, 9.17) is 20.2 Å². The first-order chi connectivity index (χ1) is 9.79. The summed E-state index contributed by atoms with van der Waals surface area (Å²) in [6, 6.07) is 2.98. The van der Waals surface area contributed by atoms with Crippen molar-refractivity contribution < 1.29 is 22.7 Å². The highest BCUT2D eigenvalue weighted by Gasteiger charge is 2.21. The van der Waals surface area contributed by atoms with E-state index in [9.17, 15) is 13.2 Å². The molecule has 0 aliphatic rings. The standard InChI is InChI=1S/C13H18ClNO5S/c1-4-5-20-8-12(16)15-10-6-9(2)7-11(13(10)19-3)21(14,17)18/h6-7H,4-5,8H2,1-3H3,(H,15,16). The van der Waals surface area contributed by atoms with Crippen LogP contribution in [0.25, 0.3) is 0 Å². The molecule has 1 amide bonds. The molecule has 0 unspecified atom stereocenters. The van der Waals surface area contributed by atoms with Gasteiger partial charge < -0.3 is 14.8 Å². The Bertz CT molecular complexity index is 615. The molecular weight excluding hydrogens is 318 g/mol. The molecule has 0 bridgehead atoms. The lowest BCUT2D eigenvalue weighted by Crippen LogP contribution is -2.19. The highest BCUT2D eigenvalue weighted by molar-refractivity contribution is 8.13. The molecule has 1 aromatic rings. The van der Waals surface area contributed by atoms with Crippen LogP contribution in [0.5, 0.6) is 5.75 Å². The van der Waals surface area contributed by atoms with E-state index in [0.717, 1.165) is 6.42 Å². The monoisotopic (exact) mass is 335 g/mol. The number of methoxy groups -OCH3 is 1. The first-order valence-corrected chi connectivity index (χ1v) is 8.61. The maximum Gasteiger partial charge on any atom is 0.265 e. The second-order valence-corrected chi connectivity index (χ2v) is 6.92. The van der Waals surface area contributed by atoms with Crippen LogP contribution in [0.2, 0.25) is 0 Å². The van der Waals surface area contributed by atoms with Crippen LogP contribution in [0, 0.1) is 6.92 Å². The molecule has 0 aliphatic heterocycles. The summed E-state index contributed by atoms with van der Waals surface area (Å²) < 4.78 is 33.3. The molecule has 0 fully saturated rings. The Morgan fingerprint density at radius 3 is 2.57 bits per heavy atom. The van der Waals surface area contributed by atoms with Crippen LogP contribution in [-0.2, 0) is 18.6 Å². The van der Waals surface area contributed by atoms with E-state index in [0.29, 0.717) is 12.2 Å². The summed E-state index contributed by atoms with van der Waals surface area (Å²) in [7, 11) is 2.70. The maximum absolute atomic E-state index is 11.8. The van der Waals surface area contributed by atoms with Gasteiger partial charge in [0.05, 0.1) is 12.8 Å². The third-order valence-electron chi connectivity index (χ3n) is 2.52. The average Bonchev–Trinajstić information content (AvgIpc) is 2.37. The van der Waals surface area contributed by atoms with Crippen molar-refractivity contribution in [2.75, 3.05) is 25.6 Å². The van der Waals surface area contributed by atoms with Gasteiger partial charge in [0.1, 0.15) is 11.5 Å². The van der Waals surface area contributed by atoms with Gasteiger partial charge in [-0.2, -0.15) is 0 Å².